The third-order valence-corrected chi connectivity index (χ3v) is 6.24. The number of amides is 1. The van der Waals surface area contributed by atoms with Crippen molar-refractivity contribution < 1.29 is 9.53 Å². The van der Waals surface area contributed by atoms with Gasteiger partial charge in [-0.2, -0.15) is 0 Å². The topological polar surface area (TPSA) is 57.4 Å². The van der Waals surface area contributed by atoms with Crippen LogP contribution < -0.4 is 5.32 Å². The van der Waals surface area contributed by atoms with Gasteiger partial charge in [-0.25, -0.2) is 0 Å². The van der Waals surface area contributed by atoms with Crippen LogP contribution in [0.2, 0.25) is 0 Å². The lowest BCUT2D eigenvalue weighted by atomic mass is 9.83. The van der Waals surface area contributed by atoms with Crippen molar-refractivity contribution in [3.8, 4) is 0 Å². The normalized spacial score (nSPS) is 25.4. The molecule has 0 radical (unpaired) electrons. The average Bonchev–Trinajstić information content (AvgIpc) is 3.31. The number of nitrogens with one attached hydrogen (secondary N) is 2. The van der Waals surface area contributed by atoms with Crippen LogP contribution in [-0.2, 0) is 21.6 Å². The summed E-state index contributed by atoms with van der Waals surface area (Å²) in [6, 6.07) is 8.56. The molecule has 3 aliphatic heterocycles. The fraction of sp³-hybridized carbons (Fsp3) is 0.550. The lowest BCUT2D eigenvalue weighted by molar-refractivity contribution is -0.142. The summed E-state index contributed by atoms with van der Waals surface area (Å²) in [7, 11) is 0. The molecule has 1 aromatic carbocycles. The zero-order valence-electron chi connectivity index (χ0n) is 14.5. The van der Waals surface area contributed by atoms with Gasteiger partial charge in [0.1, 0.15) is 5.60 Å². The summed E-state index contributed by atoms with van der Waals surface area (Å²) in [5.41, 5.74) is 3.63. The van der Waals surface area contributed by atoms with E-state index in [1.54, 1.807) is 0 Å². The minimum absolute atomic E-state index is 0.0324. The smallest absolute Gasteiger partial charge is 0.239 e. The van der Waals surface area contributed by atoms with Gasteiger partial charge in [0, 0.05) is 24.0 Å². The molecular formula is C20H25N3O2. The highest BCUT2D eigenvalue weighted by molar-refractivity contribution is 5.85. The number of hydrogen-bond acceptors (Lipinski definition) is 3. The Morgan fingerprint density at radius 3 is 2.88 bits per heavy atom. The lowest BCUT2D eigenvalue weighted by Crippen LogP contribution is -2.52. The summed E-state index contributed by atoms with van der Waals surface area (Å²) in [5, 5.41) is 4.66. The monoisotopic (exact) mass is 339 g/mol. The fourth-order valence-corrected chi connectivity index (χ4v) is 4.87. The number of piperidine rings is 1. The number of benzene rings is 1. The van der Waals surface area contributed by atoms with Crippen molar-refractivity contribution in [2.45, 2.75) is 43.7 Å². The Kier molecular flexibility index (Phi) is 3.61. The maximum atomic E-state index is 12.7. The highest BCUT2D eigenvalue weighted by Crippen LogP contribution is 2.43. The number of ether oxygens (including phenoxy) is 1. The van der Waals surface area contributed by atoms with Gasteiger partial charge >= 0.3 is 0 Å². The quantitative estimate of drug-likeness (QED) is 0.838. The summed E-state index contributed by atoms with van der Waals surface area (Å²) in [5.74, 6) is 0.278. The highest BCUT2D eigenvalue weighted by atomic mass is 16.5. The van der Waals surface area contributed by atoms with Gasteiger partial charge in [-0.15, -0.1) is 0 Å². The third-order valence-electron chi connectivity index (χ3n) is 6.24. The Bertz CT molecular complexity index is 798. The van der Waals surface area contributed by atoms with E-state index in [1.165, 1.54) is 22.2 Å². The van der Waals surface area contributed by atoms with Crippen molar-refractivity contribution in [3.63, 3.8) is 0 Å². The van der Waals surface area contributed by atoms with Gasteiger partial charge in [-0.3, -0.25) is 4.79 Å². The molecule has 0 aliphatic carbocycles. The third kappa shape index (κ3) is 2.41. The van der Waals surface area contributed by atoms with E-state index >= 15 is 0 Å². The van der Waals surface area contributed by atoms with Crippen LogP contribution in [0.4, 0.5) is 0 Å². The van der Waals surface area contributed by atoms with Crippen LogP contribution in [0, 0.1) is 0 Å². The number of rotatable bonds is 1. The highest BCUT2D eigenvalue weighted by Gasteiger charge is 2.44. The molecule has 2 N–H and O–H groups in total. The maximum Gasteiger partial charge on any atom is 0.239 e. The van der Waals surface area contributed by atoms with Gasteiger partial charge < -0.3 is 19.9 Å². The molecule has 1 aromatic heterocycles. The van der Waals surface area contributed by atoms with Crippen LogP contribution in [0.1, 0.15) is 36.9 Å². The molecule has 132 valence electrons. The standard InChI is InChI=1S/C20H25N3O2/c24-19(17-6-3-10-21-17)23-11-8-20(9-12-23)18-15(7-13-25-20)14-4-1-2-5-16(14)22-18/h1-2,4-5,17,21-22H,3,6-13H2/t17-/m0/s1. The second-order valence-electron chi connectivity index (χ2n) is 7.59. The molecule has 2 saturated heterocycles. The number of carbonyl (C=O) groups excluding carboxylic acids is 1. The largest absolute Gasteiger partial charge is 0.368 e. The second-order valence-corrected chi connectivity index (χ2v) is 7.59. The fourth-order valence-electron chi connectivity index (χ4n) is 4.87. The molecule has 0 unspecified atom stereocenters. The molecular weight excluding hydrogens is 314 g/mol. The van der Waals surface area contributed by atoms with Gasteiger partial charge in [0.15, 0.2) is 0 Å². The molecule has 0 bridgehead atoms. The minimum atomic E-state index is -0.244. The average molecular weight is 339 g/mol. The molecule has 1 amide bonds. The van der Waals surface area contributed by atoms with Gasteiger partial charge in [0.2, 0.25) is 5.91 Å². The van der Waals surface area contributed by atoms with Crippen molar-refractivity contribution in [1.82, 2.24) is 15.2 Å². The number of para-hydroxylation sites is 1. The predicted octanol–water partition coefficient (Wildman–Crippen LogP) is 2.31. The predicted molar refractivity (Wildman–Crippen MR) is 96.5 cm³/mol. The van der Waals surface area contributed by atoms with E-state index in [0.29, 0.717) is 0 Å². The van der Waals surface area contributed by atoms with E-state index in [1.807, 2.05) is 4.90 Å². The van der Waals surface area contributed by atoms with Crippen molar-refractivity contribution in [3.05, 3.63) is 35.5 Å². The van der Waals surface area contributed by atoms with E-state index in [9.17, 15) is 4.79 Å². The van der Waals surface area contributed by atoms with Gasteiger partial charge in [-0.1, -0.05) is 18.2 Å². The molecule has 1 spiro atoms. The van der Waals surface area contributed by atoms with Crippen molar-refractivity contribution in [1.29, 1.82) is 0 Å². The zero-order valence-corrected chi connectivity index (χ0v) is 14.5. The SMILES string of the molecule is O=C([C@@H]1CCCN1)N1CCC2(CC1)OCCc1c2[nH]c2ccccc12. The summed E-state index contributed by atoms with van der Waals surface area (Å²) >= 11 is 0. The lowest BCUT2D eigenvalue weighted by Gasteiger charge is -2.44. The molecule has 2 fully saturated rings. The minimum Gasteiger partial charge on any atom is -0.368 e. The number of nitrogens with zero attached hydrogens (tertiary/aromatic N) is 1. The van der Waals surface area contributed by atoms with Crippen molar-refractivity contribution in [2.75, 3.05) is 26.2 Å². The van der Waals surface area contributed by atoms with Crippen LogP contribution >= 0.6 is 0 Å². The van der Waals surface area contributed by atoms with Crippen molar-refractivity contribution >= 4 is 16.8 Å². The number of aromatic nitrogens is 1. The Hall–Kier alpha value is -1.85. The van der Waals surface area contributed by atoms with Crippen LogP contribution in [0.15, 0.2) is 24.3 Å². The Morgan fingerprint density at radius 2 is 2.08 bits per heavy atom. The van der Waals surface area contributed by atoms with Crippen LogP contribution in [0.5, 0.6) is 0 Å². The Balaban J connectivity index is 1.40. The zero-order chi connectivity index (χ0) is 16.9. The van der Waals surface area contributed by atoms with Gasteiger partial charge in [0.05, 0.1) is 18.3 Å². The van der Waals surface area contributed by atoms with E-state index in [4.69, 9.17) is 4.74 Å². The maximum absolute atomic E-state index is 12.7. The molecule has 2 aromatic rings. The Morgan fingerprint density at radius 1 is 1.24 bits per heavy atom. The molecule has 1 atom stereocenters. The summed E-state index contributed by atoms with van der Waals surface area (Å²) in [6.45, 7) is 3.31. The van der Waals surface area contributed by atoms with E-state index in [2.05, 4.69) is 34.6 Å². The molecule has 25 heavy (non-hydrogen) atoms. The van der Waals surface area contributed by atoms with Crippen molar-refractivity contribution in [2.24, 2.45) is 0 Å². The Labute approximate surface area is 147 Å². The first-order valence-electron chi connectivity index (χ1n) is 9.53. The number of H-pyrrole nitrogens is 1. The van der Waals surface area contributed by atoms with Crippen LogP contribution in [0.3, 0.4) is 0 Å². The second kappa shape index (κ2) is 5.85. The molecule has 5 heteroatoms. The number of likely N-dealkylation sites (tertiary alicyclic amines) is 1. The van der Waals surface area contributed by atoms with E-state index < -0.39 is 0 Å². The summed E-state index contributed by atoms with van der Waals surface area (Å²) < 4.78 is 6.33. The number of carbonyl (C=O) groups is 1. The first-order valence-corrected chi connectivity index (χ1v) is 9.53. The number of hydrogen-bond donors (Lipinski definition) is 2. The molecule has 5 nitrogen and oxygen atoms in total. The molecule has 5 rings (SSSR count). The van der Waals surface area contributed by atoms with Crippen LogP contribution in [0.25, 0.3) is 10.9 Å². The van der Waals surface area contributed by atoms with Crippen LogP contribution in [-0.4, -0.2) is 48.1 Å². The molecule has 3 aliphatic rings. The van der Waals surface area contributed by atoms with Gasteiger partial charge in [0.25, 0.3) is 0 Å². The van der Waals surface area contributed by atoms with E-state index in [0.717, 1.165) is 58.3 Å². The molecule has 0 saturated carbocycles. The van der Waals surface area contributed by atoms with E-state index in [-0.39, 0.29) is 17.6 Å². The summed E-state index contributed by atoms with van der Waals surface area (Å²) in [4.78, 5) is 18.3. The van der Waals surface area contributed by atoms with Gasteiger partial charge in [-0.05, 0) is 50.3 Å². The molecule has 4 heterocycles. The first kappa shape index (κ1) is 15.4. The number of aromatic amines is 1. The number of fused-ring (bicyclic) bond motifs is 4. The summed E-state index contributed by atoms with van der Waals surface area (Å²) in [6.07, 6.45) is 4.81. The first-order chi connectivity index (χ1) is 12.3.